The molecule has 0 fully saturated rings. The maximum absolute atomic E-state index is 5.41. The lowest BCUT2D eigenvalue weighted by atomic mass is 10.0. The van der Waals surface area contributed by atoms with Gasteiger partial charge < -0.3 is 10.1 Å². The monoisotopic (exact) mass is 263 g/mol. The number of ether oxygens (including phenoxy) is 1. The highest BCUT2D eigenvalue weighted by Gasteiger charge is 2.24. The van der Waals surface area contributed by atoms with E-state index in [1.165, 1.54) is 0 Å². The van der Waals surface area contributed by atoms with Gasteiger partial charge in [-0.15, -0.1) is 0 Å². The second kappa shape index (κ2) is 5.44. The third-order valence-electron chi connectivity index (χ3n) is 3.21. The first-order chi connectivity index (χ1) is 9.08. The van der Waals surface area contributed by atoms with E-state index in [1.807, 2.05) is 36.6 Å². The van der Waals surface area contributed by atoms with Crippen molar-refractivity contribution in [3.63, 3.8) is 0 Å². The molecule has 6 heteroatoms. The van der Waals surface area contributed by atoms with Gasteiger partial charge in [0.25, 0.3) is 0 Å². The quantitative estimate of drug-likeness (QED) is 0.880. The van der Waals surface area contributed by atoms with Crippen LogP contribution < -0.4 is 10.1 Å². The van der Waals surface area contributed by atoms with Crippen LogP contribution in [0.5, 0.6) is 5.75 Å². The number of nitrogens with one attached hydrogen (secondary N) is 1. The fraction of sp³-hybridized carbons (Fsp3) is 0.538. The van der Waals surface area contributed by atoms with E-state index in [0.29, 0.717) is 0 Å². The van der Waals surface area contributed by atoms with Gasteiger partial charge in [-0.3, -0.25) is 9.36 Å². The minimum atomic E-state index is 0.0288. The number of aryl methyl sites for hydroxylation is 3. The lowest BCUT2D eigenvalue weighted by Gasteiger charge is -2.19. The predicted octanol–water partition coefficient (Wildman–Crippen LogP) is 1.17. The van der Waals surface area contributed by atoms with Crippen LogP contribution >= 0.6 is 0 Å². The summed E-state index contributed by atoms with van der Waals surface area (Å²) in [5, 5.41) is 12.2. The van der Waals surface area contributed by atoms with Crippen LogP contribution in [0.15, 0.2) is 12.4 Å². The van der Waals surface area contributed by atoms with Crippen LogP contribution in [0.3, 0.4) is 0 Å². The van der Waals surface area contributed by atoms with Crippen LogP contribution in [-0.2, 0) is 14.1 Å². The fourth-order valence-electron chi connectivity index (χ4n) is 2.37. The third-order valence-corrected chi connectivity index (χ3v) is 3.21. The van der Waals surface area contributed by atoms with Gasteiger partial charge in [0.1, 0.15) is 5.69 Å². The molecule has 1 N–H and O–H groups in total. The minimum absolute atomic E-state index is 0.0288. The Balaban J connectivity index is 2.51. The van der Waals surface area contributed by atoms with E-state index in [0.717, 1.165) is 29.2 Å². The van der Waals surface area contributed by atoms with Crippen molar-refractivity contribution in [1.82, 2.24) is 24.9 Å². The lowest BCUT2D eigenvalue weighted by molar-refractivity contribution is 0.401. The van der Waals surface area contributed by atoms with E-state index in [1.54, 1.807) is 13.3 Å². The highest BCUT2D eigenvalue weighted by molar-refractivity contribution is 5.37. The molecule has 0 aromatic carbocycles. The van der Waals surface area contributed by atoms with Crippen LogP contribution in [-0.4, -0.2) is 33.2 Å². The normalized spacial score (nSPS) is 12.7. The summed E-state index contributed by atoms with van der Waals surface area (Å²) in [5.74, 6) is 0.789. The van der Waals surface area contributed by atoms with Gasteiger partial charge in [-0.2, -0.15) is 10.2 Å². The standard InChI is InChI=1S/C13H21N5O/c1-6-14-12(10-8-17(3)16-9(10)2)13-11(19-5)7-15-18(13)4/h7-8,12,14H,6H2,1-5H3. The summed E-state index contributed by atoms with van der Waals surface area (Å²) in [4.78, 5) is 0. The zero-order chi connectivity index (χ0) is 14.0. The Labute approximate surface area is 113 Å². The minimum Gasteiger partial charge on any atom is -0.493 e. The van der Waals surface area contributed by atoms with Crippen LogP contribution in [0.1, 0.15) is 29.9 Å². The van der Waals surface area contributed by atoms with Crippen molar-refractivity contribution in [1.29, 1.82) is 0 Å². The molecule has 0 radical (unpaired) electrons. The fourth-order valence-corrected chi connectivity index (χ4v) is 2.37. The molecule has 0 amide bonds. The number of aromatic nitrogens is 4. The number of nitrogens with zero attached hydrogens (tertiary/aromatic N) is 4. The lowest BCUT2D eigenvalue weighted by Crippen LogP contribution is -2.25. The maximum Gasteiger partial charge on any atom is 0.161 e. The average molecular weight is 263 g/mol. The van der Waals surface area contributed by atoms with Crippen molar-refractivity contribution in [2.75, 3.05) is 13.7 Å². The van der Waals surface area contributed by atoms with Crippen molar-refractivity contribution >= 4 is 0 Å². The molecule has 0 spiro atoms. The summed E-state index contributed by atoms with van der Waals surface area (Å²) in [7, 11) is 5.52. The Morgan fingerprint density at radius 3 is 2.68 bits per heavy atom. The van der Waals surface area contributed by atoms with E-state index >= 15 is 0 Å². The highest BCUT2D eigenvalue weighted by Crippen LogP contribution is 2.30. The second-order valence-electron chi connectivity index (χ2n) is 4.56. The van der Waals surface area contributed by atoms with Crippen molar-refractivity contribution in [3.05, 3.63) is 29.3 Å². The van der Waals surface area contributed by atoms with Gasteiger partial charge in [-0.1, -0.05) is 6.92 Å². The largest absolute Gasteiger partial charge is 0.493 e. The molecule has 0 saturated heterocycles. The molecule has 2 aromatic rings. The summed E-state index contributed by atoms with van der Waals surface area (Å²) in [6.45, 7) is 4.96. The highest BCUT2D eigenvalue weighted by atomic mass is 16.5. The van der Waals surface area contributed by atoms with Crippen LogP contribution in [0, 0.1) is 6.92 Å². The first-order valence-corrected chi connectivity index (χ1v) is 6.37. The van der Waals surface area contributed by atoms with E-state index in [-0.39, 0.29) is 6.04 Å². The van der Waals surface area contributed by atoms with Gasteiger partial charge in [0.2, 0.25) is 0 Å². The van der Waals surface area contributed by atoms with E-state index < -0.39 is 0 Å². The molecule has 0 aliphatic heterocycles. The molecule has 0 aliphatic carbocycles. The summed E-state index contributed by atoms with van der Waals surface area (Å²) in [6.07, 6.45) is 3.78. The Hall–Kier alpha value is -1.82. The molecule has 1 atom stereocenters. The first-order valence-electron chi connectivity index (χ1n) is 6.37. The molecule has 2 aromatic heterocycles. The summed E-state index contributed by atoms with van der Waals surface area (Å²) < 4.78 is 9.09. The molecule has 6 nitrogen and oxygen atoms in total. The number of methoxy groups -OCH3 is 1. The molecule has 0 aliphatic rings. The zero-order valence-corrected chi connectivity index (χ0v) is 12.1. The molecule has 2 heterocycles. The van der Waals surface area contributed by atoms with E-state index in [4.69, 9.17) is 4.74 Å². The van der Waals surface area contributed by atoms with E-state index in [9.17, 15) is 0 Å². The van der Waals surface area contributed by atoms with Crippen molar-refractivity contribution in [2.24, 2.45) is 14.1 Å². The van der Waals surface area contributed by atoms with E-state index in [2.05, 4.69) is 22.4 Å². The van der Waals surface area contributed by atoms with Gasteiger partial charge in [-0.05, 0) is 13.5 Å². The van der Waals surface area contributed by atoms with Crippen LogP contribution in [0.4, 0.5) is 0 Å². The van der Waals surface area contributed by atoms with Crippen molar-refractivity contribution in [3.8, 4) is 5.75 Å². The van der Waals surface area contributed by atoms with Gasteiger partial charge >= 0.3 is 0 Å². The topological polar surface area (TPSA) is 56.9 Å². The second-order valence-corrected chi connectivity index (χ2v) is 4.56. The smallest absolute Gasteiger partial charge is 0.161 e. The van der Waals surface area contributed by atoms with Crippen molar-refractivity contribution in [2.45, 2.75) is 19.9 Å². The summed E-state index contributed by atoms with van der Waals surface area (Å²) in [5.41, 5.74) is 3.17. The first kappa shape index (κ1) is 13.6. The average Bonchev–Trinajstić information content (AvgIpc) is 2.89. The van der Waals surface area contributed by atoms with Crippen LogP contribution in [0.25, 0.3) is 0 Å². The van der Waals surface area contributed by atoms with Crippen molar-refractivity contribution < 1.29 is 4.74 Å². The number of hydrogen-bond acceptors (Lipinski definition) is 4. The summed E-state index contributed by atoms with van der Waals surface area (Å²) >= 11 is 0. The predicted molar refractivity (Wildman–Crippen MR) is 73.2 cm³/mol. The van der Waals surface area contributed by atoms with Crippen LogP contribution in [0.2, 0.25) is 0 Å². The molecule has 1 unspecified atom stereocenters. The third kappa shape index (κ3) is 2.49. The maximum atomic E-state index is 5.41. The Kier molecular flexibility index (Phi) is 3.90. The Morgan fingerprint density at radius 2 is 2.16 bits per heavy atom. The van der Waals surface area contributed by atoms with Gasteiger partial charge in [0.15, 0.2) is 5.75 Å². The van der Waals surface area contributed by atoms with Gasteiger partial charge in [-0.25, -0.2) is 0 Å². The molecule has 0 bridgehead atoms. The molecule has 2 rings (SSSR count). The molecule has 19 heavy (non-hydrogen) atoms. The SMILES string of the molecule is CCNC(c1cn(C)nc1C)c1c(OC)cnn1C. The molecular weight excluding hydrogens is 242 g/mol. The van der Waals surface area contributed by atoms with Gasteiger partial charge in [0, 0.05) is 25.9 Å². The van der Waals surface area contributed by atoms with Gasteiger partial charge in [0.05, 0.1) is 25.0 Å². The number of hydrogen-bond donors (Lipinski definition) is 1. The molecular formula is C13H21N5O. The Bertz CT molecular complexity index is 557. The molecule has 0 saturated carbocycles. The summed E-state index contributed by atoms with van der Waals surface area (Å²) in [6, 6.07) is 0.0288. The molecule has 104 valence electrons. The zero-order valence-electron chi connectivity index (χ0n) is 12.1. The Morgan fingerprint density at radius 1 is 1.42 bits per heavy atom. The number of rotatable bonds is 5.